The summed E-state index contributed by atoms with van der Waals surface area (Å²) in [7, 11) is 0. The van der Waals surface area contributed by atoms with Crippen molar-refractivity contribution in [3.05, 3.63) is 282 Å². The molecule has 12 rings (SSSR count). The summed E-state index contributed by atoms with van der Waals surface area (Å²) in [6, 6.07) is 86.9. The number of rotatable bonds is 10. The van der Waals surface area contributed by atoms with Gasteiger partial charge in [-0.2, -0.15) is 0 Å². The molecule has 0 spiro atoms. The molecule has 0 radical (unpaired) electrons. The minimum atomic E-state index is -0.642. The van der Waals surface area contributed by atoms with E-state index in [9.17, 15) is 0 Å². The summed E-state index contributed by atoms with van der Waals surface area (Å²) in [4.78, 5) is 2.43. The van der Waals surface area contributed by atoms with Gasteiger partial charge in [-0.3, -0.25) is 0 Å². The fraction of sp³-hybridized carbons (Fsp3) is 0.127. The summed E-state index contributed by atoms with van der Waals surface area (Å²) in [6.45, 7) is 17.6. The van der Waals surface area contributed by atoms with Crippen LogP contribution in [0.1, 0.15) is 80.5 Å². The molecule has 0 fully saturated rings. The second kappa shape index (κ2) is 18.1. The van der Waals surface area contributed by atoms with Crippen LogP contribution in [0.4, 0.5) is 17.1 Å². The van der Waals surface area contributed by atoms with Gasteiger partial charge in [0.2, 0.25) is 0 Å². The van der Waals surface area contributed by atoms with E-state index in [0.29, 0.717) is 0 Å². The predicted octanol–water partition coefficient (Wildman–Crippen LogP) is 19.3. The minimum Gasteiger partial charge on any atom is -0.457 e. The zero-order valence-corrected chi connectivity index (χ0v) is 43.1. The van der Waals surface area contributed by atoms with Gasteiger partial charge in [0.1, 0.15) is 11.5 Å². The molecule has 0 bridgehead atoms. The molecule has 1 aliphatic rings. The van der Waals surface area contributed by atoms with Gasteiger partial charge < -0.3 is 14.2 Å². The van der Waals surface area contributed by atoms with Crippen molar-refractivity contribution in [3.8, 4) is 39.4 Å². The zero-order valence-electron chi connectivity index (χ0n) is 43.1. The van der Waals surface area contributed by atoms with E-state index in [2.05, 4.69) is 270 Å². The van der Waals surface area contributed by atoms with Gasteiger partial charge in [-0.05, 0) is 163 Å². The molecule has 74 heavy (non-hydrogen) atoms. The number of hydrogen-bond donors (Lipinski definition) is 0. The van der Waals surface area contributed by atoms with Gasteiger partial charge in [-0.1, -0.05) is 200 Å². The standard InChI is InChI=1S/C71H60N2O/c1-8-48-22-40-59(41-23-48)74-60-42-33-54(34-43-60)71(53-29-27-51(28-30-53)69(2,3)4)65-20-14-12-18-61(65)62-44-39-58(47-66(62)71)72(57-37-31-52(32-38-57)70(5,6)7)56-35-24-49(25-36-56)50-26-45-68-64(46-50)63-19-13-15-21-67(63)73(68)55-16-10-9-11-17-55/h8-47H,1H2,2-7H3. The fourth-order valence-electron chi connectivity index (χ4n) is 11.4. The first-order chi connectivity index (χ1) is 35.9. The third-order valence-corrected chi connectivity index (χ3v) is 15.2. The Morgan fingerprint density at radius 1 is 0.432 bits per heavy atom. The Labute approximate surface area is 436 Å². The van der Waals surface area contributed by atoms with E-state index in [1.54, 1.807) is 0 Å². The summed E-state index contributed by atoms with van der Waals surface area (Å²) < 4.78 is 8.83. The lowest BCUT2D eigenvalue weighted by Gasteiger charge is -2.35. The van der Waals surface area contributed by atoms with E-state index in [1.165, 1.54) is 77.4 Å². The van der Waals surface area contributed by atoms with Gasteiger partial charge in [-0.25, -0.2) is 0 Å². The van der Waals surface area contributed by atoms with Gasteiger partial charge in [0.25, 0.3) is 0 Å². The number of para-hydroxylation sites is 2. The molecular formula is C71H60N2O. The van der Waals surface area contributed by atoms with Crippen LogP contribution >= 0.6 is 0 Å². The normalized spacial score (nSPS) is 14.2. The van der Waals surface area contributed by atoms with E-state index in [1.807, 2.05) is 30.3 Å². The first-order valence-corrected chi connectivity index (χ1v) is 25.8. The molecule has 10 aromatic carbocycles. The lowest BCUT2D eigenvalue weighted by atomic mass is 9.67. The van der Waals surface area contributed by atoms with Crippen LogP contribution in [0, 0.1) is 0 Å². The van der Waals surface area contributed by atoms with Crippen molar-refractivity contribution in [1.82, 2.24) is 4.57 Å². The average Bonchev–Trinajstić information content (AvgIpc) is 3.92. The average molecular weight is 957 g/mol. The van der Waals surface area contributed by atoms with Crippen LogP contribution < -0.4 is 9.64 Å². The van der Waals surface area contributed by atoms with Gasteiger partial charge >= 0.3 is 0 Å². The number of benzene rings is 10. The highest BCUT2D eigenvalue weighted by atomic mass is 16.5. The van der Waals surface area contributed by atoms with Crippen molar-refractivity contribution in [2.75, 3.05) is 4.90 Å². The number of aromatic nitrogens is 1. The second-order valence-corrected chi connectivity index (χ2v) is 21.9. The molecule has 1 unspecified atom stereocenters. The van der Waals surface area contributed by atoms with Crippen LogP contribution in [0.15, 0.2) is 243 Å². The molecule has 0 saturated carbocycles. The Bertz CT molecular complexity index is 3850. The van der Waals surface area contributed by atoms with E-state index >= 15 is 0 Å². The lowest BCUT2D eigenvalue weighted by Crippen LogP contribution is -2.29. The SMILES string of the molecule is C=Cc1ccc(Oc2ccc(C3(c4ccc(C(C)(C)C)cc4)c4ccccc4-c4ccc(N(c5ccc(-c6ccc7c(c6)c6ccccc6n7-c6ccccc6)cc5)c5ccc(C(C)(C)C)cc5)cc43)cc2)cc1. The molecule has 1 aromatic heterocycles. The molecule has 3 heteroatoms. The Balaban J connectivity index is 1.01. The smallest absolute Gasteiger partial charge is 0.127 e. The van der Waals surface area contributed by atoms with Crippen molar-refractivity contribution in [1.29, 1.82) is 0 Å². The van der Waals surface area contributed by atoms with E-state index in [-0.39, 0.29) is 10.8 Å². The molecule has 1 aliphatic carbocycles. The van der Waals surface area contributed by atoms with Crippen LogP contribution in [-0.2, 0) is 16.2 Å². The summed E-state index contributed by atoms with van der Waals surface area (Å²) in [6.07, 6.45) is 1.85. The molecule has 1 atom stereocenters. The van der Waals surface area contributed by atoms with Crippen LogP contribution in [-0.4, -0.2) is 4.57 Å². The van der Waals surface area contributed by atoms with Crippen LogP contribution in [0.2, 0.25) is 0 Å². The highest BCUT2D eigenvalue weighted by Gasteiger charge is 2.46. The van der Waals surface area contributed by atoms with E-state index < -0.39 is 5.41 Å². The number of fused-ring (bicyclic) bond motifs is 6. The topological polar surface area (TPSA) is 17.4 Å². The van der Waals surface area contributed by atoms with Gasteiger partial charge in [0, 0.05) is 33.5 Å². The number of hydrogen-bond acceptors (Lipinski definition) is 2. The maximum absolute atomic E-state index is 6.45. The third kappa shape index (κ3) is 8.01. The Morgan fingerprint density at radius 2 is 0.946 bits per heavy atom. The molecule has 0 saturated heterocycles. The highest BCUT2D eigenvalue weighted by Crippen LogP contribution is 2.58. The van der Waals surface area contributed by atoms with Gasteiger partial charge in [0.05, 0.1) is 16.4 Å². The Kier molecular flexibility index (Phi) is 11.4. The minimum absolute atomic E-state index is 0.00133. The summed E-state index contributed by atoms with van der Waals surface area (Å²) in [5.74, 6) is 1.57. The molecule has 0 N–H and O–H groups in total. The molecule has 0 aliphatic heterocycles. The zero-order chi connectivity index (χ0) is 50.8. The number of ether oxygens (including phenoxy) is 1. The van der Waals surface area contributed by atoms with E-state index in [4.69, 9.17) is 4.74 Å². The molecule has 3 nitrogen and oxygen atoms in total. The third-order valence-electron chi connectivity index (χ3n) is 15.2. The lowest BCUT2D eigenvalue weighted by molar-refractivity contribution is 0.482. The highest BCUT2D eigenvalue weighted by molar-refractivity contribution is 6.10. The molecule has 11 aromatic rings. The number of anilines is 3. The summed E-state index contributed by atoms with van der Waals surface area (Å²) >= 11 is 0. The van der Waals surface area contributed by atoms with Crippen molar-refractivity contribution in [3.63, 3.8) is 0 Å². The quantitative estimate of drug-likeness (QED) is 0.136. The van der Waals surface area contributed by atoms with Crippen molar-refractivity contribution < 1.29 is 4.74 Å². The monoisotopic (exact) mass is 956 g/mol. The molecule has 1 heterocycles. The van der Waals surface area contributed by atoms with Crippen LogP contribution in [0.5, 0.6) is 11.5 Å². The molecule has 360 valence electrons. The molecule has 0 amide bonds. The Morgan fingerprint density at radius 3 is 1.59 bits per heavy atom. The maximum atomic E-state index is 6.45. The first-order valence-electron chi connectivity index (χ1n) is 25.8. The maximum Gasteiger partial charge on any atom is 0.127 e. The summed E-state index contributed by atoms with van der Waals surface area (Å²) in [5, 5.41) is 2.48. The fourth-order valence-corrected chi connectivity index (χ4v) is 11.4. The Hall–Kier alpha value is -8.66. The number of nitrogens with zero attached hydrogens (tertiary/aromatic N) is 2. The summed E-state index contributed by atoms with van der Waals surface area (Å²) in [5.41, 5.74) is 19.6. The largest absolute Gasteiger partial charge is 0.457 e. The molecular weight excluding hydrogens is 897 g/mol. The van der Waals surface area contributed by atoms with Crippen LogP contribution in [0.25, 0.3) is 55.8 Å². The van der Waals surface area contributed by atoms with Crippen molar-refractivity contribution in [2.45, 2.75) is 57.8 Å². The van der Waals surface area contributed by atoms with Crippen molar-refractivity contribution in [2.24, 2.45) is 0 Å². The first kappa shape index (κ1) is 46.4. The second-order valence-electron chi connectivity index (χ2n) is 21.9. The van der Waals surface area contributed by atoms with Gasteiger partial charge in [0.15, 0.2) is 0 Å². The van der Waals surface area contributed by atoms with Crippen LogP contribution in [0.3, 0.4) is 0 Å². The predicted molar refractivity (Wildman–Crippen MR) is 312 cm³/mol. The van der Waals surface area contributed by atoms with Gasteiger partial charge in [-0.15, -0.1) is 0 Å². The van der Waals surface area contributed by atoms with E-state index in [0.717, 1.165) is 39.8 Å². The van der Waals surface area contributed by atoms with Crippen molar-refractivity contribution >= 4 is 44.9 Å².